The molecule has 170 valence electrons. The van der Waals surface area contributed by atoms with E-state index >= 15 is 0 Å². The lowest BCUT2D eigenvalue weighted by atomic mass is 9.88. The molecule has 2 aliphatic heterocycles. The van der Waals surface area contributed by atoms with Gasteiger partial charge in [0.05, 0.1) is 6.61 Å². The summed E-state index contributed by atoms with van der Waals surface area (Å²) in [5, 5.41) is 6.97. The highest BCUT2D eigenvalue weighted by atomic mass is 127. The highest BCUT2D eigenvalue weighted by Gasteiger charge is 2.39. The molecule has 2 N–H and O–H groups in total. The van der Waals surface area contributed by atoms with Gasteiger partial charge in [-0.15, -0.1) is 24.0 Å². The minimum atomic E-state index is 0. The van der Waals surface area contributed by atoms with Gasteiger partial charge in [-0.2, -0.15) is 0 Å². The van der Waals surface area contributed by atoms with E-state index in [2.05, 4.69) is 20.5 Å². The number of anilines is 1. The van der Waals surface area contributed by atoms with Crippen LogP contribution >= 0.6 is 24.0 Å². The van der Waals surface area contributed by atoms with Crippen molar-refractivity contribution < 1.29 is 14.2 Å². The van der Waals surface area contributed by atoms with Crippen molar-refractivity contribution in [3.05, 3.63) is 24.3 Å². The van der Waals surface area contributed by atoms with Gasteiger partial charge in [0.25, 0.3) is 0 Å². The zero-order valence-electron chi connectivity index (χ0n) is 18.3. The molecule has 0 spiro atoms. The van der Waals surface area contributed by atoms with E-state index in [-0.39, 0.29) is 29.5 Å². The third-order valence-corrected chi connectivity index (χ3v) is 5.87. The Balaban J connectivity index is 0.00000320. The number of halogens is 1. The molecule has 30 heavy (non-hydrogen) atoms. The van der Waals surface area contributed by atoms with Crippen LogP contribution in [0, 0.1) is 0 Å². The van der Waals surface area contributed by atoms with Crippen molar-refractivity contribution in [1.29, 1.82) is 0 Å². The Morgan fingerprint density at radius 1 is 1.20 bits per heavy atom. The topological polar surface area (TPSA) is 67.4 Å². The van der Waals surface area contributed by atoms with E-state index in [9.17, 15) is 0 Å². The number of hydrogen-bond donors (Lipinski definition) is 2. The van der Waals surface area contributed by atoms with Crippen LogP contribution in [0.25, 0.3) is 0 Å². The third-order valence-electron chi connectivity index (χ3n) is 5.87. The molecule has 0 aliphatic carbocycles. The molecule has 0 unspecified atom stereocenters. The van der Waals surface area contributed by atoms with Crippen molar-refractivity contribution in [2.45, 2.75) is 37.6 Å². The molecule has 7 nitrogen and oxygen atoms in total. The summed E-state index contributed by atoms with van der Waals surface area (Å²) in [5.41, 5.74) is 1.13. The Kier molecular flexibility index (Phi) is 11.2. The predicted molar refractivity (Wildman–Crippen MR) is 132 cm³/mol. The summed E-state index contributed by atoms with van der Waals surface area (Å²) in [6, 6.07) is 7.99. The summed E-state index contributed by atoms with van der Waals surface area (Å²) in [4.78, 5) is 7.09. The highest BCUT2D eigenvalue weighted by molar-refractivity contribution is 14.0. The normalized spacial score (nSPS) is 19.2. The van der Waals surface area contributed by atoms with Gasteiger partial charge in [0.15, 0.2) is 5.96 Å². The largest absolute Gasteiger partial charge is 0.493 e. The summed E-state index contributed by atoms with van der Waals surface area (Å²) in [6.45, 7) is 6.29. The fraction of sp³-hybridized carbons (Fsp3) is 0.682. The van der Waals surface area contributed by atoms with Gasteiger partial charge >= 0.3 is 0 Å². The zero-order chi connectivity index (χ0) is 20.4. The molecule has 2 aliphatic rings. The molecule has 0 aromatic heterocycles. The molecule has 2 fully saturated rings. The first-order valence-corrected chi connectivity index (χ1v) is 10.8. The quantitative estimate of drug-likeness (QED) is 0.220. The van der Waals surface area contributed by atoms with E-state index in [0.717, 1.165) is 56.4 Å². The first-order chi connectivity index (χ1) is 14.3. The molecule has 0 atom stereocenters. The maximum Gasteiger partial charge on any atom is 0.195 e. The first-order valence-electron chi connectivity index (χ1n) is 10.8. The number of ether oxygens (including phenoxy) is 3. The van der Waals surface area contributed by atoms with E-state index in [0.29, 0.717) is 13.2 Å². The lowest BCUT2D eigenvalue weighted by Crippen LogP contribution is -2.58. The Morgan fingerprint density at radius 2 is 1.97 bits per heavy atom. The smallest absolute Gasteiger partial charge is 0.195 e. The fourth-order valence-corrected chi connectivity index (χ4v) is 4.17. The SMILES string of the molecule is CN=C(NCC1(N2CCCC2)CCOCC1)Nc1cccc(OCCCOC)c1.I. The molecule has 8 heteroatoms. The molecular weight excluding hydrogens is 495 g/mol. The van der Waals surface area contributed by atoms with Gasteiger partial charge in [-0.25, -0.2) is 0 Å². The van der Waals surface area contributed by atoms with Gasteiger partial charge in [-0.3, -0.25) is 9.89 Å². The molecule has 1 aromatic carbocycles. The van der Waals surface area contributed by atoms with Crippen molar-refractivity contribution in [3.8, 4) is 5.75 Å². The number of likely N-dealkylation sites (tertiary alicyclic amines) is 1. The number of benzene rings is 1. The van der Waals surface area contributed by atoms with Crippen LogP contribution in [0.5, 0.6) is 5.75 Å². The monoisotopic (exact) mass is 532 g/mol. The van der Waals surface area contributed by atoms with Crippen LogP contribution < -0.4 is 15.4 Å². The number of nitrogens with zero attached hydrogens (tertiary/aromatic N) is 2. The van der Waals surface area contributed by atoms with Crippen molar-refractivity contribution in [2.24, 2.45) is 4.99 Å². The van der Waals surface area contributed by atoms with Gasteiger partial charge in [-0.05, 0) is 50.9 Å². The average Bonchev–Trinajstić information content (AvgIpc) is 3.31. The van der Waals surface area contributed by atoms with Crippen LogP contribution in [0.15, 0.2) is 29.3 Å². The maximum atomic E-state index is 5.80. The second-order valence-corrected chi connectivity index (χ2v) is 7.80. The maximum absolute atomic E-state index is 5.80. The number of aliphatic imine (C=N–C) groups is 1. The molecule has 0 amide bonds. The van der Waals surface area contributed by atoms with Crippen LogP contribution in [0.4, 0.5) is 5.69 Å². The van der Waals surface area contributed by atoms with Crippen LogP contribution in [0.2, 0.25) is 0 Å². The van der Waals surface area contributed by atoms with E-state index in [1.165, 1.54) is 25.9 Å². The summed E-state index contributed by atoms with van der Waals surface area (Å²) in [7, 11) is 3.52. The Hall–Kier alpha value is -1.10. The van der Waals surface area contributed by atoms with Crippen LogP contribution in [-0.2, 0) is 9.47 Å². The molecule has 2 heterocycles. The molecule has 0 bridgehead atoms. The van der Waals surface area contributed by atoms with Crippen molar-refractivity contribution in [2.75, 3.05) is 65.5 Å². The Bertz CT molecular complexity index is 647. The standard InChI is InChI=1S/C22H36N4O3.HI/c1-23-21(25-19-7-5-8-20(17-19)29-14-6-13-27-2)24-18-22(9-15-28-16-10-22)26-11-3-4-12-26;/h5,7-8,17H,3-4,6,9-16,18H2,1-2H3,(H2,23,24,25);1H. The first kappa shape index (κ1) is 25.2. The molecule has 1 aromatic rings. The second kappa shape index (κ2) is 13.3. The van der Waals surface area contributed by atoms with Crippen LogP contribution in [0.3, 0.4) is 0 Å². The van der Waals surface area contributed by atoms with E-state index < -0.39 is 0 Å². The van der Waals surface area contributed by atoms with Gasteiger partial charge < -0.3 is 24.8 Å². The summed E-state index contributed by atoms with van der Waals surface area (Å²) < 4.78 is 16.5. The van der Waals surface area contributed by atoms with E-state index in [4.69, 9.17) is 14.2 Å². The molecular formula is C22H37IN4O3. The molecule has 2 saturated heterocycles. The fourth-order valence-electron chi connectivity index (χ4n) is 4.17. The van der Waals surface area contributed by atoms with Gasteiger partial charge in [0, 0.05) is 64.2 Å². The third kappa shape index (κ3) is 7.25. The lowest BCUT2D eigenvalue weighted by Gasteiger charge is -2.45. The van der Waals surface area contributed by atoms with Gasteiger partial charge in [-0.1, -0.05) is 6.07 Å². The minimum Gasteiger partial charge on any atom is -0.493 e. The second-order valence-electron chi connectivity index (χ2n) is 7.80. The van der Waals surface area contributed by atoms with E-state index in [1.54, 1.807) is 7.11 Å². The van der Waals surface area contributed by atoms with E-state index in [1.807, 2.05) is 31.3 Å². The minimum absolute atomic E-state index is 0. The predicted octanol–water partition coefficient (Wildman–Crippen LogP) is 3.35. The van der Waals surface area contributed by atoms with Crippen LogP contribution in [-0.4, -0.2) is 76.6 Å². The van der Waals surface area contributed by atoms with Crippen molar-refractivity contribution in [3.63, 3.8) is 0 Å². The lowest BCUT2D eigenvalue weighted by molar-refractivity contribution is -0.0163. The highest BCUT2D eigenvalue weighted by Crippen LogP contribution is 2.30. The molecule has 0 radical (unpaired) electrons. The van der Waals surface area contributed by atoms with Gasteiger partial charge in [0.2, 0.25) is 0 Å². The number of hydrogen-bond acceptors (Lipinski definition) is 5. The molecule has 3 rings (SSSR count). The summed E-state index contributed by atoms with van der Waals surface area (Å²) in [6.07, 6.45) is 5.61. The number of methoxy groups -OCH3 is 1. The van der Waals surface area contributed by atoms with Crippen LogP contribution in [0.1, 0.15) is 32.1 Å². The number of rotatable bonds is 9. The summed E-state index contributed by atoms with van der Waals surface area (Å²) in [5.74, 6) is 1.63. The zero-order valence-corrected chi connectivity index (χ0v) is 20.7. The van der Waals surface area contributed by atoms with Gasteiger partial charge in [0.1, 0.15) is 5.75 Å². The number of guanidine groups is 1. The Morgan fingerprint density at radius 3 is 2.67 bits per heavy atom. The summed E-state index contributed by atoms with van der Waals surface area (Å²) >= 11 is 0. The van der Waals surface area contributed by atoms with Crippen molar-refractivity contribution in [1.82, 2.24) is 10.2 Å². The average molecular weight is 532 g/mol. The number of nitrogens with one attached hydrogen (secondary N) is 2. The van der Waals surface area contributed by atoms with Crippen molar-refractivity contribution >= 4 is 35.6 Å². The molecule has 0 saturated carbocycles. The Labute approximate surface area is 197 Å².